The molecule has 1 aromatic carbocycles. The second-order valence-electron chi connectivity index (χ2n) is 6.03. The highest BCUT2D eigenvalue weighted by molar-refractivity contribution is 5.99. The topological polar surface area (TPSA) is 32.3 Å². The second-order valence-corrected chi connectivity index (χ2v) is 6.03. The van der Waals surface area contributed by atoms with Crippen molar-refractivity contribution >= 4 is 11.6 Å². The van der Waals surface area contributed by atoms with E-state index in [0.29, 0.717) is 5.92 Å². The molecule has 19 heavy (non-hydrogen) atoms. The quantitative estimate of drug-likeness (QED) is 0.838. The molecule has 0 bridgehead atoms. The summed E-state index contributed by atoms with van der Waals surface area (Å²) in [4.78, 5) is 14.8. The van der Waals surface area contributed by atoms with Crippen LogP contribution in [-0.4, -0.2) is 24.5 Å². The van der Waals surface area contributed by atoms with Gasteiger partial charge in [-0.3, -0.25) is 4.79 Å². The van der Waals surface area contributed by atoms with Crippen LogP contribution < -0.4 is 10.2 Å². The number of para-hydroxylation sites is 1. The van der Waals surface area contributed by atoms with Crippen LogP contribution in [0, 0.1) is 5.92 Å². The van der Waals surface area contributed by atoms with E-state index in [9.17, 15) is 4.79 Å². The van der Waals surface area contributed by atoms with Gasteiger partial charge in [0, 0.05) is 11.7 Å². The number of amides is 1. The number of hydrogen-bond acceptors (Lipinski definition) is 2. The highest BCUT2D eigenvalue weighted by Gasteiger charge is 2.35. The molecule has 2 heterocycles. The number of carbonyl (C=O) groups excluding carboxylic acids is 1. The summed E-state index contributed by atoms with van der Waals surface area (Å²) in [6.45, 7) is 5.34. The van der Waals surface area contributed by atoms with Gasteiger partial charge >= 0.3 is 0 Å². The van der Waals surface area contributed by atoms with Crippen LogP contribution in [0.4, 0.5) is 5.69 Å². The van der Waals surface area contributed by atoms with Gasteiger partial charge in [-0.05, 0) is 50.3 Å². The van der Waals surface area contributed by atoms with Gasteiger partial charge in [0.1, 0.15) is 0 Å². The third-order valence-corrected chi connectivity index (χ3v) is 4.41. The second kappa shape index (κ2) is 4.97. The maximum absolute atomic E-state index is 12.8. The minimum atomic E-state index is -0.00245. The molecule has 2 aliphatic rings. The van der Waals surface area contributed by atoms with Gasteiger partial charge < -0.3 is 10.2 Å². The first-order valence-electron chi connectivity index (χ1n) is 7.31. The van der Waals surface area contributed by atoms with Crippen molar-refractivity contribution in [1.29, 1.82) is 0 Å². The number of piperidine rings is 1. The molecule has 0 aromatic heterocycles. The predicted octanol–water partition coefficient (Wildman–Crippen LogP) is 2.35. The van der Waals surface area contributed by atoms with E-state index in [-0.39, 0.29) is 18.0 Å². The Morgan fingerprint density at radius 2 is 2.11 bits per heavy atom. The number of rotatable bonds is 1. The maximum Gasteiger partial charge on any atom is 0.244 e. The molecule has 3 heteroatoms. The molecule has 2 aliphatic heterocycles. The molecular weight excluding hydrogens is 236 g/mol. The van der Waals surface area contributed by atoms with Crippen LogP contribution in [0.1, 0.15) is 32.3 Å². The molecule has 0 radical (unpaired) electrons. The summed E-state index contributed by atoms with van der Waals surface area (Å²) in [5.41, 5.74) is 2.41. The Morgan fingerprint density at radius 3 is 2.89 bits per heavy atom. The fourth-order valence-electron chi connectivity index (χ4n) is 3.36. The number of nitrogens with one attached hydrogen (secondary N) is 1. The number of nitrogens with zero attached hydrogens (tertiary/aromatic N) is 1. The third-order valence-electron chi connectivity index (χ3n) is 4.41. The lowest BCUT2D eigenvalue weighted by atomic mass is 9.93. The summed E-state index contributed by atoms with van der Waals surface area (Å²) in [6, 6.07) is 8.56. The molecule has 0 saturated carbocycles. The summed E-state index contributed by atoms with van der Waals surface area (Å²) in [6.07, 6.45) is 3.12. The molecule has 1 saturated heterocycles. The first-order valence-corrected chi connectivity index (χ1v) is 7.31. The number of hydrogen-bond donors (Lipinski definition) is 1. The first-order chi connectivity index (χ1) is 9.16. The highest BCUT2D eigenvalue weighted by atomic mass is 16.2. The van der Waals surface area contributed by atoms with Crippen molar-refractivity contribution in [2.45, 2.75) is 45.2 Å². The van der Waals surface area contributed by atoms with Gasteiger partial charge in [-0.2, -0.15) is 0 Å². The molecule has 102 valence electrons. The predicted molar refractivity (Wildman–Crippen MR) is 77.3 cm³/mol. The minimum absolute atomic E-state index is 0.00245. The fourth-order valence-corrected chi connectivity index (χ4v) is 3.36. The van der Waals surface area contributed by atoms with E-state index in [4.69, 9.17) is 0 Å². The van der Waals surface area contributed by atoms with Crippen LogP contribution in [0.2, 0.25) is 0 Å². The molecule has 1 fully saturated rings. The van der Waals surface area contributed by atoms with E-state index in [1.165, 1.54) is 12.0 Å². The van der Waals surface area contributed by atoms with E-state index >= 15 is 0 Å². The number of benzene rings is 1. The van der Waals surface area contributed by atoms with E-state index in [2.05, 4.69) is 37.4 Å². The summed E-state index contributed by atoms with van der Waals surface area (Å²) in [5, 5.41) is 3.39. The van der Waals surface area contributed by atoms with Crippen LogP contribution in [0.25, 0.3) is 0 Å². The van der Waals surface area contributed by atoms with E-state index in [1.54, 1.807) is 0 Å². The zero-order valence-electron chi connectivity index (χ0n) is 11.7. The van der Waals surface area contributed by atoms with Gasteiger partial charge in [0.15, 0.2) is 0 Å². The van der Waals surface area contributed by atoms with Gasteiger partial charge in [-0.15, -0.1) is 0 Å². The van der Waals surface area contributed by atoms with Crippen molar-refractivity contribution in [2.75, 3.05) is 11.4 Å². The average molecular weight is 258 g/mol. The number of anilines is 1. The van der Waals surface area contributed by atoms with Crippen molar-refractivity contribution in [3.05, 3.63) is 29.8 Å². The molecule has 1 aromatic rings. The van der Waals surface area contributed by atoms with Gasteiger partial charge in [0.25, 0.3) is 0 Å². The van der Waals surface area contributed by atoms with Gasteiger partial charge in [-0.25, -0.2) is 0 Å². The number of carbonyl (C=O) groups is 1. The maximum atomic E-state index is 12.8. The Kier molecular flexibility index (Phi) is 3.31. The van der Waals surface area contributed by atoms with Gasteiger partial charge in [0.2, 0.25) is 5.91 Å². The monoisotopic (exact) mass is 258 g/mol. The molecule has 3 rings (SSSR count). The molecule has 3 atom stereocenters. The summed E-state index contributed by atoms with van der Waals surface area (Å²) < 4.78 is 0. The normalized spacial score (nSPS) is 30.2. The molecule has 1 N–H and O–H groups in total. The standard InChI is InChI=1S/C16H22N2O/c1-11-7-8-17-14(9-11)16(19)18-12(2)10-13-5-3-4-6-15(13)18/h3-6,11-12,14,17H,7-10H2,1-2H3. The molecule has 3 nitrogen and oxygen atoms in total. The Labute approximate surface area is 115 Å². The molecule has 0 aliphatic carbocycles. The fraction of sp³-hybridized carbons (Fsp3) is 0.562. The van der Waals surface area contributed by atoms with E-state index < -0.39 is 0 Å². The van der Waals surface area contributed by atoms with E-state index in [1.807, 2.05) is 11.0 Å². The highest BCUT2D eigenvalue weighted by Crippen LogP contribution is 2.33. The lowest BCUT2D eigenvalue weighted by molar-refractivity contribution is -0.121. The lowest BCUT2D eigenvalue weighted by Crippen LogP contribution is -2.51. The summed E-state index contributed by atoms with van der Waals surface area (Å²) >= 11 is 0. The van der Waals surface area contributed by atoms with Crippen LogP contribution in [0.3, 0.4) is 0 Å². The van der Waals surface area contributed by atoms with Crippen molar-refractivity contribution in [1.82, 2.24) is 5.32 Å². The minimum Gasteiger partial charge on any atom is -0.308 e. The zero-order chi connectivity index (χ0) is 13.4. The smallest absolute Gasteiger partial charge is 0.244 e. The zero-order valence-corrected chi connectivity index (χ0v) is 11.7. The Bertz CT molecular complexity index is 485. The van der Waals surface area contributed by atoms with Gasteiger partial charge in [0.05, 0.1) is 6.04 Å². The average Bonchev–Trinajstić information content (AvgIpc) is 2.74. The summed E-state index contributed by atoms with van der Waals surface area (Å²) in [7, 11) is 0. The van der Waals surface area contributed by atoms with Crippen LogP contribution in [0.5, 0.6) is 0 Å². The molecular formula is C16H22N2O. The number of fused-ring (bicyclic) bond motifs is 1. The molecule has 0 spiro atoms. The molecule has 3 unspecified atom stereocenters. The Hall–Kier alpha value is -1.35. The van der Waals surface area contributed by atoms with E-state index in [0.717, 1.165) is 25.1 Å². The third kappa shape index (κ3) is 2.27. The van der Waals surface area contributed by atoms with Crippen molar-refractivity contribution in [3.63, 3.8) is 0 Å². The molecule has 1 amide bonds. The Balaban J connectivity index is 1.83. The van der Waals surface area contributed by atoms with Gasteiger partial charge in [-0.1, -0.05) is 25.1 Å². The lowest BCUT2D eigenvalue weighted by Gasteiger charge is -2.32. The van der Waals surface area contributed by atoms with Crippen molar-refractivity contribution in [2.24, 2.45) is 5.92 Å². The van der Waals surface area contributed by atoms with Crippen molar-refractivity contribution < 1.29 is 4.79 Å². The first kappa shape index (κ1) is 12.7. The van der Waals surface area contributed by atoms with Crippen molar-refractivity contribution in [3.8, 4) is 0 Å². The summed E-state index contributed by atoms with van der Waals surface area (Å²) in [5.74, 6) is 0.896. The Morgan fingerprint density at radius 1 is 1.32 bits per heavy atom. The largest absolute Gasteiger partial charge is 0.308 e. The van der Waals surface area contributed by atoms with Crippen LogP contribution >= 0.6 is 0 Å². The van der Waals surface area contributed by atoms with Crippen LogP contribution in [-0.2, 0) is 11.2 Å². The SMILES string of the molecule is CC1CCNC(C(=O)N2c3ccccc3CC2C)C1. The van der Waals surface area contributed by atoms with Crippen LogP contribution in [0.15, 0.2) is 24.3 Å².